The van der Waals surface area contributed by atoms with Gasteiger partial charge in [0, 0.05) is 30.9 Å². The Kier molecular flexibility index (Phi) is 6.47. The maximum atomic E-state index is 13.9. The number of hydrogen-bond donors (Lipinski definition) is 3. The molecular weight excluding hydrogens is 479 g/mol. The number of pyridine rings is 1. The highest BCUT2D eigenvalue weighted by molar-refractivity contribution is 7.92. The number of benzene rings is 2. The van der Waals surface area contributed by atoms with Crippen molar-refractivity contribution < 1.29 is 32.3 Å². The van der Waals surface area contributed by atoms with Crippen LogP contribution in [0.3, 0.4) is 0 Å². The van der Waals surface area contributed by atoms with E-state index in [1.807, 2.05) is 0 Å². The number of amides is 2. The van der Waals surface area contributed by atoms with Crippen LogP contribution in [0.2, 0.25) is 0 Å². The molecule has 2 heterocycles. The van der Waals surface area contributed by atoms with Crippen LogP contribution in [0.5, 0.6) is 0 Å². The zero-order valence-corrected chi connectivity index (χ0v) is 18.8. The van der Waals surface area contributed by atoms with Crippen molar-refractivity contribution in [3.05, 3.63) is 78.4 Å². The highest BCUT2D eigenvalue weighted by Gasteiger charge is 2.35. The molecule has 1 aliphatic rings. The van der Waals surface area contributed by atoms with E-state index in [1.165, 1.54) is 47.5 Å². The number of nitrogens with one attached hydrogen (secondary N) is 2. The Bertz CT molecular complexity index is 1400. The number of aromatic nitrogens is 1. The lowest BCUT2D eigenvalue weighted by molar-refractivity contribution is -0.141. The van der Waals surface area contributed by atoms with Crippen LogP contribution >= 0.6 is 0 Å². The van der Waals surface area contributed by atoms with Crippen LogP contribution in [0.25, 0.3) is 0 Å². The smallest absolute Gasteiger partial charge is 0.308 e. The van der Waals surface area contributed by atoms with Crippen LogP contribution in [0.15, 0.2) is 71.8 Å². The van der Waals surface area contributed by atoms with E-state index in [1.54, 1.807) is 12.1 Å². The summed E-state index contributed by atoms with van der Waals surface area (Å²) < 4.78 is 42.0. The van der Waals surface area contributed by atoms with Crippen LogP contribution in [0.4, 0.5) is 21.5 Å². The van der Waals surface area contributed by atoms with Gasteiger partial charge in [0.25, 0.3) is 15.9 Å². The molecule has 3 N–H and O–H groups in total. The van der Waals surface area contributed by atoms with E-state index in [0.717, 1.165) is 12.1 Å². The molecule has 0 radical (unpaired) electrons. The molecule has 0 saturated carbocycles. The molecule has 2 aromatic carbocycles. The minimum atomic E-state index is -4.21. The number of carbonyl (C=O) groups is 3. The lowest BCUT2D eigenvalue weighted by atomic mass is 10.1. The van der Waals surface area contributed by atoms with Gasteiger partial charge in [-0.15, -0.1) is 0 Å². The van der Waals surface area contributed by atoms with E-state index < -0.39 is 33.6 Å². The zero-order chi connectivity index (χ0) is 25.2. The summed E-state index contributed by atoms with van der Waals surface area (Å²) in [6.07, 6.45) is 1.29. The fraction of sp³-hybridized carbons (Fsp3) is 0.130. The maximum absolute atomic E-state index is 13.9. The van der Waals surface area contributed by atoms with Crippen LogP contribution in [-0.2, 0) is 19.6 Å². The van der Waals surface area contributed by atoms with Gasteiger partial charge in [-0.2, -0.15) is 0 Å². The Balaban J connectivity index is 1.54. The summed E-state index contributed by atoms with van der Waals surface area (Å²) in [5, 5.41) is 11.6. The molecular formula is C23H19FN4O6S. The first kappa shape index (κ1) is 23.8. The number of halogens is 1. The Labute approximate surface area is 199 Å². The minimum absolute atomic E-state index is 0.0128. The quantitative estimate of drug-likeness (QED) is 0.454. The van der Waals surface area contributed by atoms with Crippen LogP contribution in [-0.4, -0.2) is 42.8 Å². The summed E-state index contributed by atoms with van der Waals surface area (Å²) in [7, 11) is -4.21. The van der Waals surface area contributed by atoms with Gasteiger partial charge in [-0.25, -0.2) is 12.8 Å². The number of sulfonamides is 1. The third-order valence-electron chi connectivity index (χ3n) is 5.30. The van der Waals surface area contributed by atoms with E-state index >= 15 is 0 Å². The second kappa shape index (κ2) is 9.50. The molecule has 1 unspecified atom stereocenters. The average Bonchev–Trinajstić information content (AvgIpc) is 3.23. The lowest BCUT2D eigenvalue weighted by Crippen LogP contribution is -2.25. The molecule has 1 aliphatic heterocycles. The Hall–Kier alpha value is -4.32. The average molecular weight is 498 g/mol. The first-order valence-electron chi connectivity index (χ1n) is 10.3. The van der Waals surface area contributed by atoms with Gasteiger partial charge < -0.3 is 15.3 Å². The summed E-state index contributed by atoms with van der Waals surface area (Å²) in [5.74, 6) is -3.63. The minimum Gasteiger partial charge on any atom is -0.481 e. The van der Waals surface area contributed by atoms with E-state index in [-0.39, 0.29) is 40.8 Å². The van der Waals surface area contributed by atoms with Crippen molar-refractivity contribution in [3.63, 3.8) is 0 Å². The predicted molar refractivity (Wildman–Crippen MR) is 124 cm³/mol. The molecule has 1 atom stereocenters. The molecule has 35 heavy (non-hydrogen) atoms. The Morgan fingerprint density at radius 2 is 1.80 bits per heavy atom. The summed E-state index contributed by atoms with van der Waals surface area (Å²) >= 11 is 0. The van der Waals surface area contributed by atoms with Crippen molar-refractivity contribution in [3.8, 4) is 0 Å². The molecule has 12 heteroatoms. The van der Waals surface area contributed by atoms with Gasteiger partial charge in [0.15, 0.2) is 0 Å². The normalized spacial score (nSPS) is 15.6. The van der Waals surface area contributed by atoms with Gasteiger partial charge in [0.1, 0.15) is 11.5 Å². The lowest BCUT2D eigenvalue weighted by Gasteiger charge is -2.17. The maximum Gasteiger partial charge on any atom is 0.308 e. The van der Waals surface area contributed by atoms with Gasteiger partial charge in [0.2, 0.25) is 5.91 Å². The second-order valence-electron chi connectivity index (χ2n) is 7.70. The van der Waals surface area contributed by atoms with E-state index in [0.29, 0.717) is 5.69 Å². The molecule has 4 rings (SSSR count). The van der Waals surface area contributed by atoms with Crippen molar-refractivity contribution >= 4 is 44.9 Å². The number of aliphatic carboxylic acids is 1. The van der Waals surface area contributed by atoms with Crippen molar-refractivity contribution in [1.29, 1.82) is 0 Å². The molecule has 1 fully saturated rings. The van der Waals surface area contributed by atoms with Gasteiger partial charge in [0.05, 0.1) is 22.2 Å². The molecule has 0 bridgehead atoms. The number of hydrogen-bond acceptors (Lipinski definition) is 6. The Morgan fingerprint density at radius 1 is 1.06 bits per heavy atom. The van der Waals surface area contributed by atoms with Crippen molar-refractivity contribution in [1.82, 2.24) is 4.98 Å². The van der Waals surface area contributed by atoms with Gasteiger partial charge in [-0.05, 0) is 48.5 Å². The topological polar surface area (TPSA) is 146 Å². The van der Waals surface area contributed by atoms with Gasteiger partial charge in [-0.1, -0.05) is 6.07 Å². The number of carboxylic acids is 1. The second-order valence-corrected chi connectivity index (χ2v) is 9.38. The van der Waals surface area contributed by atoms with Gasteiger partial charge >= 0.3 is 5.97 Å². The zero-order valence-electron chi connectivity index (χ0n) is 18.0. The highest BCUT2D eigenvalue weighted by Crippen LogP contribution is 2.29. The summed E-state index contributed by atoms with van der Waals surface area (Å²) in [4.78, 5) is 40.7. The number of nitrogens with zero attached hydrogens (tertiary/aromatic N) is 2. The fourth-order valence-electron chi connectivity index (χ4n) is 3.52. The number of anilines is 3. The first-order chi connectivity index (χ1) is 16.6. The number of carbonyl (C=O) groups excluding carboxylic acids is 2. The monoisotopic (exact) mass is 498 g/mol. The van der Waals surface area contributed by atoms with Gasteiger partial charge in [-0.3, -0.25) is 24.1 Å². The highest BCUT2D eigenvalue weighted by atomic mass is 32.2. The predicted octanol–water partition coefficient (Wildman–Crippen LogP) is 2.71. The van der Waals surface area contributed by atoms with Crippen molar-refractivity contribution in [2.24, 2.45) is 5.92 Å². The van der Waals surface area contributed by atoms with Crippen molar-refractivity contribution in [2.75, 3.05) is 21.5 Å². The third kappa shape index (κ3) is 5.27. The molecule has 0 aliphatic carbocycles. The standard InChI is InChI=1S/C23H19FN4O6S/c24-15-4-9-18(26-22(30)19-3-1-2-10-25-19)20(12-15)27-35(33,34)17-7-5-16(6-8-17)28-13-14(23(31)32)11-21(28)29/h1-10,12,14,27H,11,13H2,(H,26,30)(H,31,32). The molecule has 1 aromatic heterocycles. The number of carboxylic acid groups (broad SMARTS) is 1. The summed E-state index contributed by atoms with van der Waals surface area (Å²) in [5.41, 5.74) is 0.261. The Morgan fingerprint density at radius 3 is 2.43 bits per heavy atom. The third-order valence-corrected chi connectivity index (χ3v) is 6.69. The van der Waals surface area contributed by atoms with E-state index in [9.17, 15) is 27.2 Å². The largest absolute Gasteiger partial charge is 0.481 e. The summed E-state index contributed by atoms with van der Waals surface area (Å²) in [6.45, 7) is -0.0128. The fourth-order valence-corrected chi connectivity index (χ4v) is 4.60. The van der Waals surface area contributed by atoms with E-state index in [4.69, 9.17) is 5.11 Å². The number of rotatable bonds is 7. The first-order valence-corrected chi connectivity index (χ1v) is 11.8. The van der Waals surface area contributed by atoms with E-state index in [2.05, 4.69) is 15.0 Å². The molecule has 10 nitrogen and oxygen atoms in total. The van der Waals surface area contributed by atoms with Crippen LogP contribution in [0.1, 0.15) is 16.9 Å². The van der Waals surface area contributed by atoms with Crippen molar-refractivity contribution in [2.45, 2.75) is 11.3 Å². The van der Waals surface area contributed by atoms with Crippen LogP contribution < -0.4 is 14.9 Å². The molecule has 180 valence electrons. The SMILES string of the molecule is O=C(Nc1ccc(F)cc1NS(=O)(=O)c1ccc(N2CC(C(=O)O)CC2=O)cc1)c1ccccn1. The molecule has 1 saturated heterocycles. The summed E-state index contributed by atoms with van der Waals surface area (Å²) in [6, 6.07) is 13.2. The molecule has 3 aromatic rings. The molecule has 0 spiro atoms. The molecule has 2 amide bonds. The van der Waals surface area contributed by atoms with Crippen LogP contribution in [0, 0.1) is 11.7 Å².